The van der Waals surface area contributed by atoms with Gasteiger partial charge in [-0.05, 0) is 29.3 Å². The van der Waals surface area contributed by atoms with E-state index < -0.39 is 11.9 Å². The van der Waals surface area contributed by atoms with E-state index in [9.17, 15) is 14.3 Å². The fraction of sp³-hybridized carbons (Fsp3) is 0.100. The number of hydrogen-bond acceptors (Lipinski definition) is 4. The third-order valence-electron chi connectivity index (χ3n) is 4.18. The maximum atomic E-state index is 13.3. The summed E-state index contributed by atoms with van der Waals surface area (Å²) in [7, 11) is 0. The summed E-state index contributed by atoms with van der Waals surface area (Å²) in [5.74, 6) is -0.423. The number of hydrogen-bond donors (Lipinski definition) is 1. The summed E-state index contributed by atoms with van der Waals surface area (Å²) < 4.78 is 14.7. The Balaban J connectivity index is 1.68. The number of halogens is 1. The highest BCUT2D eigenvalue weighted by Crippen LogP contribution is 2.30. The van der Waals surface area contributed by atoms with Crippen molar-refractivity contribution in [3.8, 4) is 10.4 Å². The minimum atomic E-state index is -0.991. The van der Waals surface area contributed by atoms with E-state index in [0.717, 1.165) is 10.4 Å². The van der Waals surface area contributed by atoms with Crippen molar-refractivity contribution in [2.24, 2.45) is 0 Å². The zero-order valence-electron chi connectivity index (χ0n) is 13.7. The largest absolute Gasteiger partial charge is 0.387 e. The molecule has 4 rings (SSSR count). The van der Waals surface area contributed by atoms with Crippen LogP contribution in [0.3, 0.4) is 0 Å². The van der Waals surface area contributed by atoms with Gasteiger partial charge < -0.3 is 5.11 Å². The van der Waals surface area contributed by atoms with Crippen LogP contribution in [0.5, 0.6) is 0 Å². The van der Waals surface area contributed by atoms with Crippen LogP contribution in [-0.4, -0.2) is 14.7 Å². The Morgan fingerprint density at radius 3 is 2.69 bits per heavy atom. The van der Waals surface area contributed by atoms with Crippen LogP contribution >= 0.6 is 11.3 Å². The molecule has 0 saturated carbocycles. The molecule has 6 heteroatoms. The van der Waals surface area contributed by atoms with Gasteiger partial charge in [0.05, 0.1) is 24.4 Å². The van der Waals surface area contributed by atoms with Crippen LogP contribution in [0, 0.1) is 5.82 Å². The zero-order chi connectivity index (χ0) is 18.1. The van der Waals surface area contributed by atoms with Gasteiger partial charge in [0.25, 0.3) is 5.56 Å². The zero-order valence-corrected chi connectivity index (χ0v) is 14.5. The first-order valence-electron chi connectivity index (χ1n) is 8.10. The highest BCUT2D eigenvalue weighted by atomic mass is 32.1. The van der Waals surface area contributed by atoms with Crippen LogP contribution < -0.4 is 5.56 Å². The van der Waals surface area contributed by atoms with Crippen molar-refractivity contribution in [1.29, 1.82) is 0 Å². The van der Waals surface area contributed by atoms with Crippen molar-refractivity contribution in [2.45, 2.75) is 12.6 Å². The summed E-state index contributed by atoms with van der Waals surface area (Å²) in [4.78, 5) is 18.7. The second kappa shape index (κ2) is 6.82. The van der Waals surface area contributed by atoms with Gasteiger partial charge in [0.1, 0.15) is 10.6 Å². The molecule has 0 bridgehead atoms. The second-order valence-corrected chi connectivity index (χ2v) is 7.00. The third-order valence-corrected chi connectivity index (χ3v) is 5.27. The Labute approximate surface area is 152 Å². The lowest BCUT2D eigenvalue weighted by Crippen LogP contribution is -2.23. The molecule has 2 aromatic carbocycles. The third kappa shape index (κ3) is 3.16. The maximum Gasteiger partial charge on any atom is 0.262 e. The van der Waals surface area contributed by atoms with Gasteiger partial charge in [0.15, 0.2) is 0 Å². The molecule has 0 radical (unpaired) electrons. The van der Waals surface area contributed by atoms with Crippen molar-refractivity contribution in [3.63, 3.8) is 0 Å². The number of aromatic nitrogens is 2. The van der Waals surface area contributed by atoms with Crippen molar-refractivity contribution in [1.82, 2.24) is 9.55 Å². The van der Waals surface area contributed by atoms with Crippen LogP contribution in [0.4, 0.5) is 4.39 Å². The molecule has 130 valence electrons. The predicted octanol–water partition coefficient (Wildman–Crippen LogP) is 4.00. The summed E-state index contributed by atoms with van der Waals surface area (Å²) in [6.45, 7) is 0.0156. The van der Waals surface area contributed by atoms with Crippen LogP contribution in [0.2, 0.25) is 0 Å². The lowest BCUT2D eigenvalue weighted by atomic mass is 10.1. The van der Waals surface area contributed by atoms with Crippen LogP contribution in [-0.2, 0) is 6.54 Å². The predicted molar refractivity (Wildman–Crippen MR) is 101 cm³/mol. The first-order valence-corrected chi connectivity index (χ1v) is 8.91. The SMILES string of the molecule is O=c1c2cc(-c3ccccc3)sc2ncn1C[C@@H](O)c1cccc(F)c1. The normalized spacial score (nSPS) is 12.4. The van der Waals surface area contributed by atoms with E-state index in [-0.39, 0.29) is 12.1 Å². The Bertz CT molecular complexity index is 1120. The summed E-state index contributed by atoms with van der Waals surface area (Å²) in [6.07, 6.45) is 0.438. The molecule has 26 heavy (non-hydrogen) atoms. The standard InChI is InChI=1S/C20H15FN2O2S/c21-15-8-4-7-14(9-15)17(24)11-23-12-22-19-16(20(23)25)10-18(26-19)13-5-2-1-3-6-13/h1-10,12,17,24H,11H2/t17-/m1/s1. The van der Waals surface area contributed by atoms with E-state index in [1.54, 1.807) is 6.07 Å². The smallest absolute Gasteiger partial charge is 0.262 e. The molecule has 4 nitrogen and oxygen atoms in total. The van der Waals surface area contributed by atoms with E-state index >= 15 is 0 Å². The Morgan fingerprint density at radius 1 is 1.12 bits per heavy atom. The summed E-state index contributed by atoms with van der Waals surface area (Å²) in [5, 5.41) is 10.8. The minimum absolute atomic E-state index is 0.0156. The van der Waals surface area contributed by atoms with Crippen molar-refractivity contribution >= 4 is 21.6 Å². The molecule has 2 aromatic heterocycles. The molecule has 1 N–H and O–H groups in total. The molecule has 1 atom stereocenters. The molecule has 2 heterocycles. The fourth-order valence-electron chi connectivity index (χ4n) is 2.84. The summed E-state index contributed by atoms with van der Waals surface area (Å²) >= 11 is 1.45. The molecule has 4 aromatic rings. The minimum Gasteiger partial charge on any atom is -0.387 e. The van der Waals surface area contributed by atoms with Gasteiger partial charge in [-0.15, -0.1) is 11.3 Å². The van der Waals surface area contributed by atoms with E-state index in [0.29, 0.717) is 15.8 Å². The molecule has 0 aliphatic carbocycles. The maximum absolute atomic E-state index is 13.3. The van der Waals surface area contributed by atoms with E-state index in [2.05, 4.69) is 4.98 Å². The second-order valence-electron chi connectivity index (χ2n) is 5.97. The van der Waals surface area contributed by atoms with E-state index in [1.807, 2.05) is 36.4 Å². The summed E-state index contributed by atoms with van der Waals surface area (Å²) in [5.41, 5.74) is 1.23. The highest BCUT2D eigenvalue weighted by Gasteiger charge is 2.14. The number of nitrogens with zero attached hydrogens (tertiary/aromatic N) is 2. The van der Waals surface area contributed by atoms with Crippen LogP contribution in [0.15, 0.2) is 71.8 Å². The molecular formula is C20H15FN2O2S. The number of aliphatic hydroxyl groups is 1. The molecule has 0 spiro atoms. The summed E-state index contributed by atoms with van der Waals surface area (Å²) in [6, 6.07) is 17.4. The number of fused-ring (bicyclic) bond motifs is 1. The van der Waals surface area contributed by atoms with Gasteiger partial charge in [0, 0.05) is 4.88 Å². The van der Waals surface area contributed by atoms with Crippen molar-refractivity contribution in [3.05, 3.63) is 88.7 Å². The van der Waals surface area contributed by atoms with E-state index in [4.69, 9.17) is 0 Å². The lowest BCUT2D eigenvalue weighted by molar-refractivity contribution is 0.154. The van der Waals surface area contributed by atoms with Gasteiger partial charge in [-0.1, -0.05) is 42.5 Å². The monoisotopic (exact) mass is 366 g/mol. The first-order chi connectivity index (χ1) is 12.6. The lowest BCUT2D eigenvalue weighted by Gasteiger charge is -2.12. The molecule has 0 aliphatic rings. The quantitative estimate of drug-likeness (QED) is 0.594. The van der Waals surface area contributed by atoms with Gasteiger partial charge in [-0.25, -0.2) is 9.37 Å². The average molecular weight is 366 g/mol. The number of benzene rings is 2. The molecule has 0 fully saturated rings. The molecule has 0 saturated heterocycles. The van der Waals surface area contributed by atoms with Gasteiger partial charge >= 0.3 is 0 Å². The van der Waals surface area contributed by atoms with E-state index in [1.165, 1.54) is 40.4 Å². The number of rotatable bonds is 4. The number of thiophene rings is 1. The Morgan fingerprint density at radius 2 is 1.92 bits per heavy atom. The molecule has 0 amide bonds. The van der Waals surface area contributed by atoms with Crippen LogP contribution in [0.1, 0.15) is 11.7 Å². The van der Waals surface area contributed by atoms with Crippen molar-refractivity contribution < 1.29 is 9.50 Å². The van der Waals surface area contributed by atoms with Gasteiger partial charge in [0.2, 0.25) is 0 Å². The first kappa shape index (κ1) is 16.6. The fourth-order valence-corrected chi connectivity index (χ4v) is 3.84. The Hall–Kier alpha value is -2.83. The van der Waals surface area contributed by atoms with Gasteiger partial charge in [-0.3, -0.25) is 9.36 Å². The highest BCUT2D eigenvalue weighted by molar-refractivity contribution is 7.21. The molecule has 0 unspecified atom stereocenters. The molecular weight excluding hydrogens is 351 g/mol. The topological polar surface area (TPSA) is 55.1 Å². The number of aliphatic hydroxyl groups excluding tert-OH is 1. The average Bonchev–Trinajstić information content (AvgIpc) is 3.10. The Kier molecular flexibility index (Phi) is 4.36. The molecule has 0 aliphatic heterocycles. The van der Waals surface area contributed by atoms with Crippen LogP contribution in [0.25, 0.3) is 20.7 Å². The van der Waals surface area contributed by atoms with Gasteiger partial charge in [-0.2, -0.15) is 0 Å². The van der Waals surface area contributed by atoms with Crippen molar-refractivity contribution in [2.75, 3.05) is 0 Å².